The van der Waals surface area contributed by atoms with Gasteiger partial charge in [-0.05, 0) is 38.5 Å². The van der Waals surface area contributed by atoms with E-state index in [0.717, 1.165) is 29.1 Å². The van der Waals surface area contributed by atoms with Crippen molar-refractivity contribution in [3.8, 4) is 5.75 Å². The van der Waals surface area contributed by atoms with Crippen molar-refractivity contribution in [1.29, 1.82) is 0 Å². The first-order valence-corrected chi connectivity index (χ1v) is 7.00. The van der Waals surface area contributed by atoms with E-state index in [-0.39, 0.29) is 12.1 Å². The number of rotatable bonds is 5. The van der Waals surface area contributed by atoms with Crippen molar-refractivity contribution in [2.75, 3.05) is 0 Å². The van der Waals surface area contributed by atoms with Crippen LogP contribution in [0.5, 0.6) is 5.75 Å². The lowest BCUT2D eigenvalue weighted by Gasteiger charge is -2.18. The van der Waals surface area contributed by atoms with Crippen molar-refractivity contribution in [2.45, 2.75) is 39.3 Å². The third-order valence-corrected chi connectivity index (χ3v) is 3.16. The van der Waals surface area contributed by atoms with Gasteiger partial charge in [0, 0.05) is 18.2 Å². The van der Waals surface area contributed by atoms with Crippen molar-refractivity contribution in [3.05, 3.63) is 59.4 Å². The van der Waals surface area contributed by atoms with Gasteiger partial charge in [0.25, 0.3) is 0 Å². The minimum atomic E-state index is -0.00691. The van der Waals surface area contributed by atoms with Gasteiger partial charge >= 0.3 is 0 Å². The Balaban J connectivity index is 2.20. The second-order valence-corrected chi connectivity index (χ2v) is 5.25. The predicted octanol–water partition coefficient (Wildman–Crippen LogP) is 3.42. The van der Waals surface area contributed by atoms with Gasteiger partial charge in [-0.3, -0.25) is 4.98 Å². The van der Waals surface area contributed by atoms with Gasteiger partial charge < -0.3 is 10.5 Å². The lowest BCUT2D eigenvalue weighted by molar-refractivity contribution is 0.223. The molecule has 0 saturated heterocycles. The molecule has 2 rings (SSSR count). The van der Waals surface area contributed by atoms with Gasteiger partial charge in [0.1, 0.15) is 11.9 Å². The topological polar surface area (TPSA) is 48.1 Å². The number of nitrogens with zero attached hydrogens (tertiary/aromatic N) is 1. The van der Waals surface area contributed by atoms with Crippen LogP contribution < -0.4 is 10.5 Å². The Kier molecular flexibility index (Phi) is 4.74. The summed E-state index contributed by atoms with van der Waals surface area (Å²) in [5.74, 6) is 0.823. The molecule has 2 unspecified atom stereocenters. The first-order chi connectivity index (χ1) is 9.56. The number of aromatic nitrogens is 1. The third-order valence-electron chi connectivity index (χ3n) is 3.16. The van der Waals surface area contributed by atoms with Crippen LogP contribution in [-0.4, -0.2) is 11.0 Å². The van der Waals surface area contributed by atoms with Crippen molar-refractivity contribution in [2.24, 2.45) is 5.73 Å². The predicted molar refractivity (Wildman–Crippen MR) is 81.8 cm³/mol. The smallest absolute Gasteiger partial charge is 0.141 e. The third kappa shape index (κ3) is 3.81. The number of nitrogens with two attached hydrogens (primary N) is 1. The quantitative estimate of drug-likeness (QED) is 0.905. The van der Waals surface area contributed by atoms with E-state index in [1.54, 1.807) is 0 Å². The first-order valence-electron chi connectivity index (χ1n) is 7.00. The fraction of sp³-hybridized carbons (Fsp3) is 0.353. The van der Waals surface area contributed by atoms with Gasteiger partial charge in [-0.25, -0.2) is 0 Å². The summed E-state index contributed by atoms with van der Waals surface area (Å²) >= 11 is 0. The molecule has 2 atom stereocenters. The molecule has 20 heavy (non-hydrogen) atoms. The van der Waals surface area contributed by atoms with Gasteiger partial charge in [-0.2, -0.15) is 0 Å². The maximum Gasteiger partial charge on any atom is 0.141 e. The van der Waals surface area contributed by atoms with Gasteiger partial charge in [-0.1, -0.05) is 30.3 Å². The zero-order valence-corrected chi connectivity index (χ0v) is 12.3. The fourth-order valence-electron chi connectivity index (χ4n) is 2.14. The summed E-state index contributed by atoms with van der Waals surface area (Å²) in [6.07, 6.45) is 0.714. The summed E-state index contributed by atoms with van der Waals surface area (Å²) in [5, 5.41) is 0. The average Bonchev–Trinajstić information content (AvgIpc) is 2.42. The highest BCUT2D eigenvalue weighted by molar-refractivity contribution is 5.31. The Labute approximate surface area is 120 Å². The highest BCUT2D eigenvalue weighted by Gasteiger charge is 2.12. The largest absolute Gasteiger partial charge is 0.484 e. The van der Waals surface area contributed by atoms with Crippen molar-refractivity contribution in [1.82, 2.24) is 4.98 Å². The Hall–Kier alpha value is -1.87. The maximum absolute atomic E-state index is 6.07. The molecule has 1 aromatic carbocycles. The van der Waals surface area contributed by atoms with E-state index >= 15 is 0 Å². The molecular formula is C17H22N2O. The number of pyridine rings is 1. The zero-order valence-electron chi connectivity index (χ0n) is 12.3. The number of ether oxygens (including phenoxy) is 1. The Morgan fingerprint density at radius 2 is 1.80 bits per heavy atom. The normalized spacial score (nSPS) is 13.8. The van der Waals surface area contributed by atoms with Crippen LogP contribution in [0, 0.1) is 6.92 Å². The molecule has 0 fully saturated rings. The Morgan fingerprint density at radius 1 is 1.10 bits per heavy atom. The van der Waals surface area contributed by atoms with E-state index in [1.807, 2.05) is 51.1 Å². The molecule has 3 heteroatoms. The number of aryl methyl sites for hydroxylation is 1. The summed E-state index contributed by atoms with van der Waals surface area (Å²) in [7, 11) is 0. The van der Waals surface area contributed by atoms with Crippen molar-refractivity contribution >= 4 is 0 Å². The van der Waals surface area contributed by atoms with Crippen LogP contribution in [0.15, 0.2) is 42.5 Å². The van der Waals surface area contributed by atoms with Crippen molar-refractivity contribution < 1.29 is 4.74 Å². The number of benzene rings is 1. The van der Waals surface area contributed by atoms with Crippen LogP contribution in [-0.2, 0) is 6.42 Å². The monoisotopic (exact) mass is 270 g/mol. The molecule has 0 saturated carbocycles. The van der Waals surface area contributed by atoms with Crippen LogP contribution in [0.2, 0.25) is 0 Å². The fourth-order valence-corrected chi connectivity index (χ4v) is 2.14. The highest BCUT2D eigenvalue weighted by Crippen LogP contribution is 2.25. The summed E-state index contributed by atoms with van der Waals surface area (Å²) in [4.78, 5) is 4.56. The highest BCUT2D eigenvalue weighted by atomic mass is 16.5. The summed E-state index contributed by atoms with van der Waals surface area (Å²) in [6.45, 7) is 6.01. The van der Waals surface area contributed by atoms with Gasteiger partial charge in [0.15, 0.2) is 0 Å². The molecule has 2 aromatic rings. The van der Waals surface area contributed by atoms with Crippen LogP contribution in [0.4, 0.5) is 0 Å². The van der Waals surface area contributed by atoms with Gasteiger partial charge in [0.05, 0.1) is 5.69 Å². The van der Waals surface area contributed by atoms with E-state index in [1.165, 1.54) is 0 Å². The minimum absolute atomic E-state index is 0.00691. The molecule has 0 amide bonds. The molecule has 0 bridgehead atoms. The second kappa shape index (κ2) is 6.53. The number of hydrogen-bond acceptors (Lipinski definition) is 3. The summed E-state index contributed by atoms with van der Waals surface area (Å²) < 4.78 is 6.07. The number of hydrogen-bond donors (Lipinski definition) is 1. The molecule has 0 aliphatic rings. The molecule has 0 spiro atoms. The molecule has 0 aliphatic heterocycles. The standard InChI is InChI=1S/C17H22N2O/c1-12(18)11-16-17(10-9-13(2)19-16)20-14(3)15-7-5-4-6-8-15/h4-10,12,14H,11,18H2,1-3H3. The van der Waals surface area contributed by atoms with E-state index in [2.05, 4.69) is 17.1 Å². The zero-order chi connectivity index (χ0) is 14.5. The molecule has 106 valence electrons. The van der Waals surface area contributed by atoms with E-state index in [4.69, 9.17) is 10.5 Å². The summed E-state index contributed by atoms with van der Waals surface area (Å²) in [5.41, 5.74) is 8.96. The molecular weight excluding hydrogens is 248 g/mol. The van der Waals surface area contributed by atoms with Crippen molar-refractivity contribution in [3.63, 3.8) is 0 Å². The SMILES string of the molecule is Cc1ccc(OC(C)c2ccccc2)c(CC(C)N)n1. The van der Waals surface area contributed by atoms with Crippen LogP contribution in [0.25, 0.3) is 0 Å². The molecule has 0 aliphatic carbocycles. The van der Waals surface area contributed by atoms with E-state index in [0.29, 0.717) is 0 Å². The van der Waals surface area contributed by atoms with E-state index < -0.39 is 0 Å². The van der Waals surface area contributed by atoms with Gasteiger partial charge in [-0.15, -0.1) is 0 Å². The average molecular weight is 270 g/mol. The minimum Gasteiger partial charge on any atom is -0.484 e. The molecule has 0 radical (unpaired) electrons. The van der Waals surface area contributed by atoms with E-state index in [9.17, 15) is 0 Å². The Bertz CT molecular complexity index is 552. The van der Waals surface area contributed by atoms with Crippen LogP contribution in [0.1, 0.15) is 36.9 Å². The second-order valence-electron chi connectivity index (χ2n) is 5.25. The molecule has 3 nitrogen and oxygen atoms in total. The summed E-state index contributed by atoms with van der Waals surface area (Å²) in [6, 6.07) is 14.2. The van der Waals surface area contributed by atoms with Crippen LogP contribution in [0.3, 0.4) is 0 Å². The van der Waals surface area contributed by atoms with Gasteiger partial charge in [0.2, 0.25) is 0 Å². The van der Waals surface area contributed by atoms with Crippen LogP contribution >= 0.6 is 0 Å². The molecule has 2 N–H and O–H groups in total. The molecule has 1 heterocycles. The lowest BCUT2D eigenvalue weighted by Crippen LogP contribution is -2.19. The first kappa shape index (κ1) is 14.5. The molecule has 1 aromatic heterocycles. The lowest BCUT2D eigenvalue weighted by atomic mass is 10.1. The Morgan fingerprint density at radius 3 is 2.45 bits per heavy atom. The maximum atomic E-state index is 6.07.